The molecule has 2 aliphatic heterocycles. The number of likely N-dealkylation sites (tertiary alicyclic amines) is 1. The number of benzene rings is 2. The van der Waals surface area contributed by atoms with Crippen molar-refractivity contribution >= 4 is 12.0 Å². The Labute approximate surface area is 195 Å². The van der Waals surface area contributed by atoms with Crippen molar-refractivity contribution in [3.8, 4) is 11.4 Å². The van der Waals surface area contributed by atoms with Crippen LogP contribution in [0.25, 0.3) is 11.8 Å². The van der Waals surface area contributed by atoms with E-state index in [-0.39, 0.29) is 17.6 Å². The summed E-state index contributed by atoms with van der Waals surface area (Å²) >= 11 is 0. The molecule has 0 aliphatic carbocycles. The number of hydrogen-bond acceptors (Lipinski definition) is 3. The predicted octanol–water partition coefficient (Wildman–Crippen LogP) is 5.80. The van der Waals surface area contributed by atoms with Crippen LogP contribution in [0.2, 0.25) is 0 Å². The second kappa shape index (κ2) is 8.22. The number of aryl methyl sites for hydroxylation is 2. The van der Waals surface area contributed by atoms with Crippen molar-refractivity contribution in [2.75, 3.05) is 6.54 Å². The standard InChI is InChI=1S/C28H31N3O2/c1-19-14-21(11-12-24(19)30-17-20(2)29-18-30)15-22-8-7-13-31(27(22)32)25-16-28(3,4)33-26-10-6-5-9-23(25)26/h5-6,9-12,14-15,17-18,25H,7-8,13,16H2,1-4H3/b22-15+/t25-/m1/s1. The summed E-state index contributed by atoms with van der Waals surface area (Å²) in [6, 6.07) is 14.5. The van der Waals surface area contributed by atoms with Crippen molar-refractivity contribution in [2.45, 2.75) is 58.6 Å². The smallest absolute Gasteiger partial charge is 0.250 e. The molecule has 1 saturated heterocycles. The normalized spacial score (nSPS) is 21.1. The number of para-hydroxylation sites is 1. The van der Waals surface area contributed by atoms with Gasteiger partial charge in [-0.15, -0.1) is 0 Å². The summed E-state index contributed by atoms with van der Waals surface area (Å²) in [5.74, 6) is 1.04. The monoisotopic (exact) mass is 441 g/mol. The van der Waals surface area contributed by atoms with E-state index in [1.807, 2.05) is 42.2 Å². The third-order valence-electron chi connectivity index (χ3n) is 6.66. The highest BCUT2D eigenvalue weighted by Gasteiger charge is 2.39. The Balaban J connectivity index is 1.43. The van der Waals surface area contributed by atoms with Gasteiger partial charge in [0.25, 0.3) is 0 Å². The molecule has 2 aromatic carbocycles. The van der Waals surface area contributed by atoms with Crippen LogP contribution in [0.1, 0.15) is 61.5 Å². The minimum absolute atomic E-state index is 0.0368. The lowest BCUT2D eigenvalue weighted by atomic mass is 9.87. The zero-order chi connectivity index (χ0) is 23.2. The van der Waals surface area contributed by atoms with E-state index in [2.05, 4.69) is 61.0 Å². The molecule has 1 aromatic heterocycles. The van der Waals surface area contributed by atoms with Crippen molar-refractivity contribution in [2.24, 2.45) is 0 Å². The number of amides is 1. The maximum atomic E-state index is 13.6. The highest BCUT2D eigenvalue weighted by molar-refractivity contribution is 5.98. The van der Waals surface area contributed by atoms with Gasteiger partial charge in [-0.05, 0) is 75.9 Å². The Morgan fingerprint density at radius 1 is 1.15 bits per heavy atom. The Hall–Kier alpha value is -3.34. The molecule has 0 radical (unpaired) electrons. The van der Waals surface area contributed by atoms with Gasteiger partial charge in [-0.1, -0.05) is 24.3 Å². The van der Waals surface area contributed by atoms with Gasteiger partial charge in [0.1, 0.15) is 11.4 Å². The minimum Gasteiger partial charge on any atom is -0.487 e. The molecule has 1 fully saturated rings. The number of fused-ring (bicyclic) bond motifs is 1. The Morgan fingerprint density at radius 3 is 2.73 bits per heavy atom. The molecule has 170 valence electrons. The first-order valence-electron chi connectivity index (χ1n) is 11.7. The predicted molar refractivity (Wildman–Crippen MR) is 130 cm³/mol. The highest BCUT2D eigenvalue weighted by Crippen LogP contribution is 2.44. The average Bonchev–Trinajstić information content (AvgIpc) is 3.20. The molecule has 0 saturated carbocycles. The quantitative estimate of drug-likeness (QED) is 0.483. The van der Waals surface area contributed by atoms with Crippen molar-refractivity contribution < 1.29 is 9.53 Å². The van der Waals surface area contributed by atoms with E-state index in [4.69, 9.17) is 4.74 Å². The van der Waals surface area contributed by atoms with Crippen LogP contribution in [0.3, 0.4) is 0 Å². The number of rotatable bonds is 3. The van der Waals surface area contributed by atoms with Crippen LogP contribution in [0.4, 0.5) is 0 Å². The molecule has 5 heteroatoms. The molecule has 5 nitrogen and oxygen atoms in total. The van der Waals surface area contributed by atoms with Gasteiger partial charge in [0.15, 0.2) is 0 Å². The van der Waals surface area contributed by atoms with Gasteiger partial charge in [0, 0.05) is 36.0 Å². The number of carbonyl (C=O) groups is 1. The molecule has 0 bridgehead atoms. The molecule has 0 N–H and O–H groups in total. The number of ether oxygens (including phenoxy) is 1. The molecule has 0 unspecified atom stereocenters. The second-order valence-electron chi connectivity index (χ2n) is 9.86. The van der Waals surface area contributed by atoms with Crippen LogP contribution in [-0.2, 0) is 4.79 Å². The van der Waals surface area contributed by atoms with E-state index < -0.39 is 0 Å². The van der Waals surface area contributed by atoms with Crippen molar-refractivity contribution in [3.63, 3.8) is 0 Å². The van der Waals surface area contributed by atoms with Crippen LogP contribution >= 0.6 is 0 Å². The second-order valence-corrected chi connectivity index (χ2v) is 9.86. The summed E-state index contributed by atoms with van der Waals surface area (Å²) < 4.78 is 8.24. The molecule has 2 aliphatic rings. The topological polar surface area (TPSA) is 47.4 Å². The Kier molecular flexibility index (Phi) is 5.35. The fourth-order valence-electron chi connectivity index (χ4n) is 5.12. The third kappa shape index (κ3) is 4.20. The maximum Gasteiger partial charge on any atom is 0.250 e. The van der Waals surface area contributed by atoms with E-state index in [0.717, 1.165) is 65.2 Å². The summed E-state index contributed by atoms with van der Waals surface area (Å²) in [7, 11) is 0. The van der Waals surface area contributed by atoms with Crippen LogP contribution in [0.5, 0.6) is 5.75 Å². The Morgan fingerprint density at radius 2 is 1.97 bits per heavy atom. The van der Waals surface area contributed by atoms with Gasteiger partial charge in [0.05, 0.1) is 18.1 Å². The number of imidazole rings is 1. The molecular formula is C28H31N3O2. The molecule has 0 spiro atoms. The molecule has 1 atom stereocenters. The van der Waals surface area contributed by atoms with Gasteiger partial charge in [-0.25, -0.2) is 4.98 Å². The van der Waals surface area contributed by atoms with Gasteiger partial charge in [-0.2, -0.15) is 0 Å². The van der Waals surface area contributed by atoms with E-state index in [1.54, 1.807) is 0 Å². The summed E-state index contributed by atoms with van der Waals surface area (Å²) in [5.41, 5.74) is 6.00. The van der Waals surface area contributed by atoms with Crippen LogP contribution < -0.4 is 4.74 Å². The number of nitrogens with zero attached hydrogens (tertiary/aromatic N) is 3. The van der Waals surface area contributed by atoms with Gasteiger partial charge in [-0.3, -0.25) is 4.79 Å². The van der Waals surface area contributed by atoms with E-state index in [9.17, 15) is 4.79 Å². The number of hydrogen-bond donors (Lipinski definition) is 0. The third-order valence-corrected chi connectivity index (χ3v) is 6.66. The van der Waals surface area contributed by atoms with Crippen molar-refractivity contribution in [1.29, 1.82) is 0 Å². The summed E-state index contributed by atoms with van der Waals surface area (Å²) in [5, 5.41) is 0. The summed E-state index contributed by atoms with van der Waals surface area (Å²) in [4.78, 5) is 20.0. The SMILES string of the molecule is Cc1cn(-c2ccc(/C=C3\CCCN([C@@H]4CC(C)(C)Oc5ccccc54)C3=O)cc2C)cn1. The van der Waals surface area contributed by atoms with Crippen molar-refractivity contribution in [1.82, 2.24) is 14.5 Å². The lowest BCUT2D eigenvalue weighted by Gasteiger charge is -2.44. The Bertz CT molecular complexity index is 1240. The van der Waals surface area contributed by atoms with E-state index in [1.165, 1.54) is 0 Å². The number of piperidine rings is 1. The van der Waals surface area contributed by atoms with E-state index >= 15 is 0 Å². The lowest BCUT2D eigenvalue weighted by molar-refractivity contribution is -0.132. The zero-order valence-electron chi connectivity index (χ0n) is 19.8. The number of carbonyl (C=O) groups excluding carboxylic acids is 1. The van der Waals surface area contributed by atoms with Gasteiger partial charge >= 0.3 is 0 Å². The largest absolute Gasteiger partial charge is 0.487 e. The maximum absolute atomic E-state index is 13.6. The summed E-state index contributed by atoms with van der Waals surface area (Å²) in [6.45, 7) is 9.08. The minimum atomic E-state index is -0.306. The zero-order valence-corrected chi connectivity index (χ0v) is 19.8. The van der Waals surface area contributed by atoms with Gasteiger partial charge in [0.2, 0.25) is 5.91 Å². The summed E-state index contributed by atoms with van der Waals surface area (Å²) in [6.07, 6.45) is 8.51. The molecule has 3 aromatic rings. The average molecular weight is 442 g/mol. The fraction of sp³-hybridized carbons (Fsp3) is 0.357. The molecular weight excluding hydrogens is 410 g/mol. The molecule has 33 heavy (non-hydrogen) atoms. The fourth-order valence-corrected chi connectivity index (χ4v) is 5.12. The van der Waals surface area contributed by atoms with E-state index in [0.29, 0.717) is 0 Å². The van der Waals surface area contributed by atoms with Crippen molar-refractivity contribution in [3.05, 3.63) is 82.9 Å². The first kappa shape index (κ1) is 21.5. The molecule has 5 rings (SSSR count). The first-order chi connectivity index (χ1) is 15.8. The lowest BCUT2D eigenvalue weighted by Crippen LogP contribution is -2.46. The molecule has 3 heterocycles. The van der Waals surface area contributed by atoms with Crippen LogP contribution in [0.15, 0.2) is 60.6 Å². The van der Waals surface area contributed by atoms with Crippen LogP contribution in [0, 0.1) is 13.8 Å². The van der Waals surface area contributed by atoms with Gasteiger partial charge < -0.3 is 14.2 Å². The first-order valence-corrected chi connectivity index (χ1v) is 11.7. The molecule has 1 amide bonds. The van der Waals surface area contributed by atoms with Crippen LogP contribution in [-0.4, -0.2) is 32.5 Å². The highest BCUT2D eigenvalue weighted by atomic mass is 16.5. The number of aromatic nitrogens is 2.